The average Bonchev–Trinajstić information content (AvgIpc) is 2.88. The summed E-state index contributed by atoms with van der Waals surface area (Å²) in [5.74, 6) is -1.12. The number of carboxylic acid groups (broad SMARTS) is 1. The molecule has 1 aliphatic heterocycles. The molecule has 1 fully saturated rings. The summed E-state index contributed by atoms with van der Waals surface area (Å²) < 4.78 is 25.8. The predicted octanol–water partition coefficient (Wildman–Crippen LogP) is 1.25. The van der Waals surface area contributed by atoms with E-state index in [0.717, 1.165) is 15.6 Å². The first-order valence-electron chi connectivity index (χ1n) is 5.71. The van der Waals surface area contributed by atoms with E-state index in [-0.39, 0.29) is 10.8 Å². The van der Waals surface area contributed by atoms with Crippen LogP contribution in [0, 0.1) is 11.3 Å². The lowest BCUT2D eigenvalue weighted by molar-refractivity contribution is -0.142. The van der Waals surface area contributed by atoms with Crippen LogP contribution in [0.25, 0.3) is 0 Å². The molecule has 1 N–H and O–H groups in total. The highest BCUT2D eigenvalue weighted by molar-refractivity contribution is 7.91. The Morgan fingerprint density at radius 3 is 2.79 bits per heavy atom. The molecule has 8 heteroatoms. The van der Waals surface area contributed by atoms with E-state index in [9.17, 15) is 13.2 Å². The van der Waals surface area contributed by atoms with Gasteiger partial charge in [-0.15, -0.1) is 11.3 Å². The molecule has 0 unspecified atom stereocenters. The fraction of sp³-hybridized carbons (Fsp3) is 0.455. The Morgan fingerprint density at radius 2 is 2.21 bits per heavy atom. The lowest BCUT2D eigenvalue weighted by atomic mass is 10.1. The van der Waals surface area contributed by atoms with Gasteiger partial charge in [0.05, 0.1) is 0 Å². The van der Waals surface area contributed by atoms with Gasteiger partial charge >= 0.3 is 5.97 Å². The molecule has 0 saturated carbocycles. The van der Waals surface area contributed by atoms with Crippen molar-refractivity contribution in [1.29, 1.82) is 5.26 Å². The molecule has 1 atom stereocenters. The third-order valence-corrected chi connectivity index (χ3v) is 6.36. The number of thiophene rings is 1. The minimum absolute atomic E-state index is 0.0252. The van der Waals surface area contributed by atoms with E-state index in [4.69, 9.17) is 10.4 Å². The Bertz CT molecular complexity index is 629. The summed E-state index contributed by atoms with van der Waals surface area (Å²) in [7, 11) is -3.83. The highest BCUT2D eigenvalue weighted by Gasteiger charge is 2.38. The van der Waals surface area contributed by atoms with Crippen LogP contribution >= 0.6 is 11.3 Å². The third-order valence-electron chi connectivity index (χ3n) is 2.99. The number of sulfonamides is 1. The smallest absolute Gasteiger partial charge is 0.322 e. The fourth-order valence-corrected chi connectivity index (χ4v) is 4.96. The van der Waals surface area contributed by atoms with Crippen molar-refractivity contribution in [2.75, 3.05) is 6.54 Å². The number of nitrogens with zero attached hydrogens (tertiary/aromatic N) is 2. The van der Waals surface area contributed by atoms with Crippen LogP contribution in [-0.2, 0) is 14.8 Å². The highest BCUT2D eigenvalue weighted by Crippen LogP contribution is 2.29. The van der Waals surface area contributed by atoms with Gasteiger partial charge in [-0.05, 0) is 31.4 Å². The molecule has 2 rings (SSSR count). The molecule has 1 aromatic heterocycles. The van der Waals surface area contributed by atoms with Crippen molar-refractivity contribution < 1.29 is 18.3 Å². The van der Waals surface area contributed by atoms with Crippen molar-refractivity contribution in [3.8, 4) is 6.07 Å². The summed E-state index contributed by atoms with van der Waals surface area (Å²) in [6, 6.07) is 3.65. The minimum atomic E-state index is -3.83. The van der Waals surface area contributed by atoms with Crippen molar-refractivity contribution >= 4 is 27.3 Å². The Balaban J connectivity index is 2.37. The van der Waals surface area contributed by atoms with E-state index in [1.807, 2.05) is 6.07 Å². The van der Waals surface area contributed by atoms with Gasteiger partial charge in [-0.3, -0.25) is 4.79 Å². The number of nitriles is 1. The van der Waals surface area contributed by atoms with Gasteiger partial charge in [0.2, 0.25) is 0 Å². The van der Waals surface area contributed by atoms with E-state index in [2.05, 4.69) is 0 Å². The summed E-state index contributed by atoms with van der Waals surface area (Å²) in [4.78, 5) is 11.4. The number of piperidine rings is 1. The summed E-state index contributed by atoms with van der Waals surface area (Å²) in [6.07, 6.45) is 1.68. The number of carbonyl (C=O) groups is 1. The molecule has 1 aromatic rings. The SMILES string of the molecule is N#Cc1ccc(S(=O)(=O)N2CCCC[C@@H]2C(=O)O)s1. The molecule has 0 bridgehead atoms. The quantitative estimate of drug-likeness (QED) is 0.905. The maximum Gasteiger partial charge on any atom is 0.322 e. The molecule has 102 valence electrons. The number of rotatable bonds is 3. The highest BCUT2D eigenvalue weighted by atomic mass is 32.2. The normalized spacial score (nSPS) is 20.9. The largest absolute Gasteiger partial charge is 0.480 e. The van der Waals surface area contributed by atoms with Crippen LogP contribution < -0.4 is 0 Å². The zero-order chi connectivity index (χ0) is 14.0. The molecule has 0 aliphatic carbocycles. The van der Waals surface area contributed by atoms with E-state index in [0.29, 0.717) is 24.1 Å². The summed E-state index contributed by atoms with van der Waals surface area (Å²) in [6.45, 7) is 0.207. The summed E-state index contributed by atoms with van der Waals surface area (Å²) in [5, 5.41) is 17.8. The summed E-state index contributed by atoms with van der Waals surface area (Å²) >= 11 is 0.864. The van der Waals surface area contributed by atoms with Crippen LogP contribution in [0.15, 0.2) is 16.3 Å². The molecule has 19 heavy (non-hydrogen) atoms. The van der Waals surface area contributed by atoms with Gasteiger partial charge in [0.15, 0.2) is 0 Å². The van der Waals surface area contributed by atoms with Crippen molar-refractivity contribution in [2.45, 2.75) is 29.5 Å². The van der Waals surface area contributed by atoms with Crippen LogP contribution in [0.1, 0.15) is 24.1 Å². The van der Waals surface area contributed by atoms with E-state index in [1.54, 1.807) is 0 Å². The van der Waals surface area contributed by atoms with Gasteiger partial charge < -0.3 is 5.11 Å². The van der Waals surface area contributed by atoms with Gasteiger partial charge in [-0.25, -0.2) is 8.42 Å². The van der Waals surface area contributed by atoms with Crippen molar-refractivity contribution in [3.05, 3.63) is 17.0 Å². The molecular weight excluding hydrogens is 288 g/mol. The van der Waals surface area contributed by atoms with Crippen molar-refractivity contribution in [3.63, 3.8) is 0 Å². The van der Waals surface area contributed by atoms with E-state index >= 15 is 0 Å². The summed E-state index contributed by atoms with van der Waals surface area (Å²) in [5.41, 5.74) is 0. The van der Waals surface area contributed by atoms with E-state index in [1.165, 1.54) is 12.1 Å². The van der Waals surface area contributed by atoms with Crippen molar-refractivity contribution in [2.24, 2.45) is 0 Å². The molecule has 0 amide bonds. The first-order chi connectivity index (χ1) is 8.96. The van der Waals surface area contributed by atoms with Crippen LogP contribution in [0.5, 0.6) is 0 Å². The molecule has 1 aliphatic rings. The van der Waals surface area contributed by atoms with Gasteiger partial charge in [0, 0.05) is 6.54 Å². The fourth-order valence-electron chi connectivity index (χ4n) is 2.07. The van der Waals surface area contributed by atoms with Crippen LogP contribution in [0.3, 0.4) is 0 Å². The second-order valence-corrected chi connectivity index (χ2v) is 7.40. The number of aliphatic carboxylic acids is 1. The van der Waals surface area contributed by atoms with Crippen LogP contribution in [-0.4, -0.2) is 36.4 Å². The van der Waals surface area contributed by atoms with Gasteiger partial charge in [-0.1, -0.05) is 0 Å². The Labute approximate surface area is 114 Å². The lowest BCUT2D eigenvalue weighted by Gasteiger charge is -2.31. The van der Waals surface area contributed by atoms with Crippen LogP contribution in [0.4, 0.5) is 0 Å². The van der Waals surface area contributed by atoms with Crippen molar-refractivity contribution in [1.82, 2.24) is 4.31 Å². The van der Waals surface area contributed by atoms with Gasteiger partial charge in [0.25, 0.3) is 10.0 Å². The molecule has 0 aromatic carbocycles. The molecule has 2 heterocycles. The topological polar surface area (TPSA) is 98.5 Å². The van der Waals surface area contributed by atoms with Gasteiger partial charge in [-0.2, -0.15) is 9.57 Å². The maximum atomic E-state index is 12.4. The minimum Gasteiger partial charge on any atom is -0.480 e. The van der Waals surface area contributed by atoms with E-state index < -0.39 is 22.0 Å². The molecule has 1 saturated heterocycles. The standard InChI is InChI=1S/C11H12N2O4S2/c12-7-8-4-5-10(18-8)19(16,17)13-6-2-1-3-9(13)11(14)15/h4-5,9H,1-3,6H2,(H,14,15)/t9-/m1/s1. The molecular formula is C11H12N2O4S2. The van der Waals surface area contributed by atoms with Crippen LogP contribution in [0.2, 0.25) is 0 Å². The zero-order valence-electron chi connectivity index (χ0n) is 9.94. The Kier molecular flexibility index (Phi) is 3.89. The predicted molar refractivity (Wildman–Crippen MR) is 68.2 cm³/mol. The molecule has 0 radical (unpaired) electrons. The average molecular weight is 300 g/mol. The number of hydrogen-bond acceptors (Lipinski definition) is 5. The lowest BCUT2D eigenvalue weighted by Crippen LogP contribution is -2.47. The van der Waals surface area contributed by atoms with Gasteiger partial charge in [0.1, 0.15) is 21.2 Å². The first-order valence-corrected chi connectivity index (χ1v) is 7.97. The zero-order valence-corrected chi connectivity index (χ0v) is 11.6. The third kappa shape index (κ3) is 2.63. The maximum absolute atomic E-state index is 12.4. The first kappa shape index (κ1) is 14.0. The Morgan fingerprint density at radius 1 is 1.47 bits per heavy atom. The monoisotopic (exact) mass is 300 g/mol. The number of hydrogen-bond donors (Lipinski definition) is 1. The molecule has 6 nitrogen and oxygen atoms in total. The molecule has 0 spiro atoms. The number of carboxylic acids is 1. The second-order valence-electron chi connectivity index (χ2n) is 4.20. The second kappa shape index (κ2) is 5.28. The Hall–Kier alpha value is -1.43.